The predicted molar refractivity (Wildman–Crippen MR) is 122 cm³/mol. The van der Waals surface area contributed by atoms with Crippen molar-refractivity contribution in [2.75, 3.05) is 38.7 Å². The van der Waals surface area contributed by atoms with Gasteiger partial charge in [-0.2, -0.15) is 0 Å². The molecule has 0 saturated carbocycles. The molecule has 31 heavy (non-hydrogen) atoms. The highest BCUT2D eigenvalue weighted by Crippen LogP contribution is 2.22. The zero-order valence-electron chi connectivity index (χ0n) is 18.5. The Hall–Kier alpha value is -3.04. The third-order valence-corrected chi connectivity index (χ3v) is 4.71. The molecule has 9 heteroatoms. The number of anilines is 1. The highest BCUT2D eigenvalue weighted by atomic mass is 16.5. The van der Waals surface area contributed by atoms with Gasteiger partial charge in [0.1, 0.15) is 5.52 Å². The van der Waals surface area contributed by atoms with Crippen LogP contribution in [0.4, 0.5) is 5.82 Å². The molecule has 3 aromatic rings. The number of hydrogen-bond acceptors (Lipinski definition) is 8. The second-order valence-electron chi connectivity index (χ2n) is 7.30. The van der Waals surface area contributed by atoms with Gasteiger partial charge < -0.3 is 24.7 Å². The van der Waals surface area contributed by atoms with Crippen molar-refractivity contribution in [1.29, 1.82) is 0 Å². The molecule has 3 aromatic heterocycles. The van der Waals surface area contributed by atoms with Gasteiger partial charge in [-0.3, -0.25) is 9.78 Å². The molecule has 0 atom stereocenters. The first-order chi connectivity index (χ1) is 15.0. The average molecular weight is 427 g/mol. The van der Waals surface area contributed by atoms with Crippen molar-refractivity contribution in [3.8, 4) is 17.1 Å². The molecule has 2 N–H and O–H groups in total. The molecular weight excluding hydrogens is 396 g/mol. The molecule has 3 rings (SSSR count). The number of aromatic nitrogens is 4. The normalized spacial score (nSPS) is 11.3. The van der Waals surface area contributed by atoms with Crippen LogP contribution < -0.4 is 20.9 Å². The summed E-state index contributed by atoms with van der Waals surface area (Å²) in [5, 5.41) is 6.47. The summed E-state index contributed by atoms with van der Waals surface area (Å²) in [6, 6.07) is 5.90. The molecule has 0 radical (unpaired) electrons. The second kappa shape index (κ2) is 10.8. The molecule has 9 nitrogen and oxygen atoms in total. The summed E-state index contributed by atoms with van der Waals surface area (Å²) in [7, 11) is 1.57. The minimum Gasteiger partial charge on any atom is -0.481 e. The third kappa shape index (κ3) is 5.77. The van der Waals surface area contributed by atoms with Crippen molar-refractivity contribution >= 4 is 16.9 Å². The molecule has 0 spiro atoms. The summed E-state index contributed by atoms with van der Waals surface area (Å²) in [5.41, 5.74) is 2.70. The lowest BCUT2D eigenvalue weighted by Gasteiger charge is -2.14. The first kappa shape index (κ1) is 22.6. The van der Waals surface area contributed by atoms with Gasteiger partial charge in [0.05, 0.1) is 31.1 Å². The van der Waals surface area contributed by atoms with Crippen LogP contribution in [0.3, 0.4) is 0 Å². The SMILES string of the molecule is CCOCCn1c(=O)c(NCCNC(C)C)nc2cnc(-c3ccc(OC)nc3)cc21. The number of methoxy groups -OCH3 is 1. The van der Waals surface area contributed by atoms with Crippen LogP contribution in [0.1, 0.15) is 20.8 Å². The minimum atomic E-state index is -0.179. The van der Waals surface area contributed by atoms with E-state index in [0.29, 0.717) is 60.8 Å². The number of ether oxygens (including phenoxy) is 2. The van der Waals surface area contributed by atoms with E-state index in [1.54, 1.807) is 30.1 Å². The van der Waals surface area contributed by atoms with Crippen LogP contribution in [-0.2, 0) is 11.3 Å². The van der Waals surface area contributed by atoms with Gasteiger partial charge in [0, 0.05) is 50.1 Å². The van der Waals surface area contributed by atoms with Crippen molar-refractivity contribution in [3.63, 3.8) is 0 Å². The van der Waals surface area contributed by atoms with Crippen molar-refractivity contribution in [2.24, 2.45) is 0 Å². The van der Waals surface area contributed by atoms with E-state index in [1.165, 1.54) is 0 Å². The Kier molecular flexibility index (Phi) is 7.91. The smallest absolute Gasteiger partial charge is 0.293 e. The summed E-state index contributed by atoms with van der Waals surface area (Å²) in [6.07, 6.45) is 3.38. The second-order valence-corrected chi connectivity index (χ2v) is 7.30. The number of nitrogens with zero attached hydrogens (tertiary/aromatic N) is 4. The van der Waals surface area contributed by atoms with Crippen LogP contribution in [0.15, 0.2) is 35.4 Å². The maximum absolute atomic E-state index is 13.1. The van der Waals surface area contributed by atoms with Crippen molar-refractivity contribution in [3.05, 3.63) is 40.9 Å². The molecular formula is C22H30N6O3. The van der Waals surface area contributed by atoms with Crippen LogP contribution in [-0.4, -0.2) is 59.0 Å². The Morgan fingerprint density at radius 3 is 2.68 bits per heavy atom. The molecule has 166 valence electrons. The summed E-state index contributed by atoms with van der Waals surface area (Å²) in [6.45, 7) is 8.88. The molecule has 0 unspecified atom stereocenters. The lowest BCUT2D eigenvalue weighted by molar-refractivity contribution is 0.139. The standard InChI is InChI=1S/C22H30N6O3/c1-5-31-11-10-28-19-12-17(16-6-7-20(30-4)26-13-16)25-14-18(19)27-21(22(28)29)24-9-8-23-15(2)3/h6-7,12-15,23H,5,8-11H2,1-4H3,(H,24,27). The molecule has 0 saturated heterocycles. The van der Waals surface area contributed by atoms with Crippen LogP contribution in [0.5, 0.6) is 5.88 Å². The molecule has 0 aliphatic carbocycles. The summed E-state index contributed by atoms with van der Waals surface area (Å²) < 4.78 is 12.3. The summed E-state index contributed by atoms with van der Waals surface area (Å²) >= 11 is 0. The quantitative estimate of drug-likeness (QED) is 0.450. The Bertz CT molecular complexity index is 1050. The van der Waals surface area contributed by atoms with Crippen molar-refractivity contribution in [1.82, 2.24) is 24.8 Å². The van der Waals surface area contributed by atoms with E-state index < -0.39 is 0 Å². The maximum atomic E-state index is 13.1. The first-order valence-electron chi connectivity index (χ1n) is 10.5. The Morgan fingerprint density at radius 1 is 1.16 bits per heavy atom. The topological polar surface area (TPSA) is 103 Å². The van der Waals surface area contributed by atoms with E-state index in [-0.39, 0.29) is 5.56 Å². The fraction of sp³-hybridized carbons (Fsp3) is 0.455. The molecule has 0 aliphatic heterocycles. The predicted octanol–water partition coefficient (Wildman–Crippen LogP) is 2.31. The first-order valence-corrected chi connectivity index (χ1v) is 10.5. The van der Waals surface area contributed by atoms with E-state index in [4.69, 9.17) is 9.47 Å². The van der Waals surface area contributed by atoms with E-state index in [2.05, 4.69) is 39.4 Å². The lowest BCUT2D eigenvalue weighted by Crippen LogP contribution is -2.32. The highest BCUT2D eigenvalue weighted by Gasteiger charge is 2.13. The van der Waals surface area contributed by atoms with Crippen LogP contribution in [0.2, 0.25) is 0 Å². The fourth-order valence-corrected chi connectivity index (χ4v) is 3.13. The number of fused-ring (bicyclic) bond motifs is 1. The monoisotopic (exact) mass is 426 g/mol. The van der Waals surface area contributed by atoms with Gasteiger partial charge >= 0.3 is 0 Å². The van der Waals surface area contributed by atoms with Crippen LogP contribution in [0, 0.1) is 0 Å². The van der Waals surface area contributed by atoms with Gasteiger partial charge in [-0.15, -0.1) is 0 Å². The van der Waals surface area contributed by atoms with Gasteiger partial charge in [0.2, 0.25) is 5.88 Å². The highest BCUT2D eigenvalue weighted by molar-refractivity contribution is 5.80. The Morgan fingerprint density at radius 2 is 2.00 bits per heavy atom. The van der Waals surface area contributed by atoms with E-state index in [1.807, 2.05) is 19.1 Å². The number of pyridine rings is 2. The van der Waals surface area contributed by atoms with Crippen molar-refractivity contribution < 1.29 is 9.47 Å². The van der Waals surface area contributed by atoms with E-state index in [0.717, 1.165) is 12.1 Å². The summed E-state index contributed by atoms with van der Waals surface area (Å²) in [5.74, 6) is 0.845. The molecule has 0 aromatic carbocycles. The fourth-order valence-electron chi connectivity index (χ4n) is 3.13. The van der Waals surface area contributed by atoms with Gasteiger partial charge in [-0.05, 0) is 19.1 Å². The Balaban J connectivity index is 1.97. The summed E-state index contributed by atoms with van der Waals surface area (Å²) in [4.78, 5) is 26.5. The molecule has 0 aliphatic rings. The van der Waals surface area contributed by atoms with E-state index in [9.17, 15) is 4.79 Å². The van der Waals surface area contributed by atoms with Gasteiger partial charge in [-0.1, -0.05) is 13.8 Å². The number of nitrogens with one attached hydrogen (secondary N) is 2. The zero-order chi connectivity index (χ0) is 22.2. The molecule has 3 heterocycles. The van der Waals surface area contributed by atoms with Gasteiger partial charge in [-0.25, -0.2) is 9.97 Å². The third-order valence-electron chi connectivity index (χ3n) is 4.71. The zero-order valence-corrected chi connectivity index (χ0v) is 18.5. The Labute approximate surface area is 181 Å². The van der Waals surface area contributed by atoms with Gasteiger partial charge in [0.15, 0.2) is 5.82 Å². The molecule has 0 fully saturated rings. The van der Waals surface area contributed by atoms with Crippen LogP contribution in [0.25, 0.3) is 22.3 Å². The number of rotatable bonds is 11. The average Bonchev–Trinajstić information content (AvgIpc) is 2.78. The van der Waals surface area contributed by atoms with Crippen molar-refractivity contribution in [2.45, 2.75) is 33.4 Å². The largest absolute Gasteiger partial charge is 0.481 e. The minimum absolute atomic E-state index is 0.179. The van der Waals surface area contributed by atoms with Crippen LogP contribution >= 0.6 is 0 Å². The maximum Gasteiger partial charge on any atom is 0.293 e. The molecule has 0 bridgehead atoms. The lowest BCUT2D eigenvalue weighted by atomic mass is 10.2. The number of hydrogen-bond donors (Lipinski definition) is 2. The van der Waals surface area contributed by atoms with E-state index >= 15 is 0 Å². The molecule has 0 amide bonds. The van der Waals surface area contributed by atoms with Gasteiger partial charge in [0.25, 0.3) is 5.56 Å².